The Morgan fingerprint density at radius 2 is 1.90 bits per heavy atom. The van der Waals surface area contributed by atoms with Gasteiger partial charge in [-0.25, -0.2) is 0 Å². The molecule has 4 heteroatoms. The molecule has 1 fully saturated rings. The van der Waals surface area contributed by atoms with Gasteiger partial charge in [-0.1, -0.05) is 47.0 Å². The van der Waals surface area contributed by atoms with Gasteiger partial charge >= 0.3 is 5.97 Å². The van der Waals surface area contributed by atoms with Crippen molar-refractivity contribution in [1.82, 2.24) is 4.90 Å². The highest BCUT2D eigenvalue weighted by Gasteiger charge is 2.34. The largest absolute Gasteiger partial charge is 0.465 e. The highest BCUT2D eigenvalue weighted by molar-refractivity contribution is 5.86. The van der Waals surface area contributed by atoms with Crippen LogP contribution in [0, 0.1) is 5.92 Å². The van der Waals surface area contributed by atoms with Gasteiger partial charge in [0.05, 0.1) is 12.5 Å². The normalized spacial score (nSPS) is 17.7. The molecular weight excluding hydrogens is 254 g/mol. The highest BCUT2D eigenvalue weighted by Crippen LogP contribution is 2.19. The molecule has 118 valence electrons. The molecule has 1 heterocycles. The van der Waals surface area contributed by atoms with Crippen LogP contribution < -0.4 is 0 Å². The Hall–Kier alpha value is -1.06. The molecule has 0 spiro atoms. The maximum absolute atomic E-state index is 11.8. The predicted octanol–water partition coefficient (Wildman–Crippen LogP) is 3.39. The average molecular weight is 285 g/mol. The van der Waals surface area contributed by atoms with E-state index in [1.54, 1.807) is 4.90 Å². The summed E-state index contributed by atoms with van der Waals surface area (Å²) in [5.74, 6) is -0.349. The van der Waals surface area contributed by atoms with Crippen LogP contribution in [0.3, 0.4) is 0 Å². The Balaban J connectivity index is 0.00000172. The second kappa shape index (κ2) is 11.7. The summed E-state index contributed by atoms with van der Waals surface area (Å²) < 4.78 is 5.23. The molecule has 20 heavy (non-hydrogen) atoms. The van der Waals surface area contributed by atoms with E-state index in [1.165, 1.54) is 12.8 Å². The van der Waals surface area contributed by atoms with Crippen LogP contribution in [0.2, 0.25) is 0 Å². The number of rotatable bonds is 8. The van der Waals surface area contributed by atoms with Gasteiger partial charge in [0.1, 0.15) is 0 Å². The van der Waals surface area contributed by atoms with E-state index in [4.69, 9.17) is 4.74 Å². The summed E-state index contributed by atoms with van der Waals surface area (Å²) in [6.07, 6.45) is 5.66. The summed E-state index contributed by atoms with van der Waals surface area (Å²) in [7, 11) is 0. The molecule has 1 aliphatic heterocycles. The lowest BCUT2D eigenvalue weighted by atomic mass is 10.1. The lowest BCUT2D eigenvalue weighted by molar-refractivity contribution is -0.148. The van der Waals surface area contributed by atoms with Crippen LogP contribution in [-0.4, -0.2) is 36.5 Å². The Labute approximate surface area is 123 Å². The van der Waals surface area contributed by atoms with Crippen LogP contribution in [0.15, 0.2) is 0 Å². The number of likely N-dealkylation sites (tertiary alicyclic amines) is 1. The third-order valence-electron chi connectivity index (χ3n) is 3.28. The molecule has 1 unspecified atom stereocenters. The van der Waals surface area contributed by atoms with Crippen LogP contribution in [0.5, 0.6) is 0 Å². The van der Waals surface area contributed by atoms with Crippen LogP contribution in [0.25, 0.3) is 0 Å². The summed E-state index contributed by atoms with van der Waals surface area (Å²) in [5, 5.41) is 0. The zero-order valence-electron chi connectivity index (χ0n) is 13.6. The van der Waals surface area contributed by atoms with Crippen molar-refractivity contribution in [3.05, 3.63) is 0 Å². The summed E-state index contributed by atoms with van der Waals surface area (Å²) in [5.41, 5.74) is 0. The van der Waals surface area contributed by atoms with Gasteiger partial charge in [0, 0.05) is 19.5 Å². The molecule has 1 aliphatic rings. The van der Waals surface area contributed by atoms with Gasteiger partial charge in [0.25, 0.3) is 0 Å². The number of carbonyl (C=O) groups excluding carboxylic acids is 2. The van der Waals surface area contributed by atoms with Crippen molar-refractivity contribution in [1.29, 1.82) is 0 Å². The van der Waals surface area contributed by atoms with E-state index in [0.717, 1.165) is 25.8 Å². The standard InChI is InChI=1S/C14H25NO3.C2H6/c1-3-5-6-7-9-18-14(17)12-10-13(16)15(11-12)8-4-2;1-2/h12H,3-11H2,1-2H3;1-2H3. The van der Waals surface area contributed by atoms with Crippen molar-refractivity contribution in [2.75, 3.05) is 19.7 Å². The van der Waals surface area contributed by atoms with Crippen molar-refractivity contribution in [2.24, 2.45) is 5.92 Å². The average Bonchev–Trinajstić information content (AvgIpc) is 2.83. The Kier molecular flexibility index (Phi) is 11.1. The summed E-state index contributed by atoms with van der Waals surface area (Å²) in [6, 6.07) is 0. The number of amides is 1. The van der Waals surface area contributed by atoms with Crippen molar-refractivity contribution in [3.8, 4) is 0 Å². The van der Waals surface area contributed by atoms with Gasteiger partial charge in [-0.2, -0.15) is 0 Å². The SMILES string of the molecule is CC.CCCCCCOC(=O)C1CC(=O)N(CCC)C1. The molecule has 0 radical (unpaired) electrons. The van der Waals surface area contributed by atoms with E-state index < -0.39 is 0 Å². The number of esters is 1. The molecule has 1 rings (SSSR count). The quantitative estimate of drug-likeness (QED) is 0.507. The van der Waals surface area contributed by atoms with Crippen molar-refractivity contribution in [2.45, 2.75) is 66.2 Å². The number of hydrogen-bond acceptors (Lipinski definition) is 3. The van der Waals surface area contributed by atoms with Crippen LogP contribution in [-0.2, 0) is 14.3 Å². The zero-order valence-corrected chi connectivity index (χ0v) is 13.6. The van der Waals surface area contributed by atoms with E-state index in [1.807, 2.05) is 20.8 Å². The van der Waals surface area contributed by atoms with Crippen LogP contribution >= 0.6 is 0 Å². The van der Waals surface area contributed by atoms with Crippen molar-refractivity contribution >= 4 is 11.9 Å². The second-order valence-corrected chi connectivity index (χ2v) is 4.97. The minimum Gasteiger partial charge on any atom is -0.465 e. The molecule has 0 aromatic carbocycles. The van der Waals surface area contributed by atoms with Gasteiger partial charge < -0.3 is 9.64 Å². The van der Waals surface area contributed by atoms with E-state index >= 15 is 0 Å². The molecule has 0 aliphatic carbocycles. The summed E-state index contributed by atoms with van der Waals surface area (Å²) >= 11 is 0. The molecule has 1 atom stereocenters. The third-order valence-corrected chi connectivity index (χ3v) is 3.28. The lowest BCUT2D eigenvalue weighted by Gasteiger charge is -2.14. The van der Waals surface area contributed by atoms with Crippen LogP contribution in [0.1, 0.15) is 66.2 Å². The van der Waals surface area contributed by atoms with E-state index in [-0.39, 0.29) is 17.8 Å². The lowest BCUT2D eigenvalue weighted by Crippen LogP contribution is -2.27. The monoisotopic (exact) mass is 285 g/mol. The Bertz CT molecular complexity index is 279. The molecular formula is C16H31NO3. The number of hydrogen-bond donors (Lipinski definition) is 0. The van der Waals surface area contributed by atoms with Crippen molar-refractivity contribution < 1.29 is 14.3 Å². The van der Waals surface area contributed by atoms with Gasteiger partial charge in [0.15, 0.2) is 0 Å². The number of carbonyl (C=O) groups is 2. The van der Waals surface area contributed by atoms with Gasteiger partial charge in [-0.05, 0) is 12.8 Å². The van der Waals surface area contributed by atoms with E-state index in [9.17, 15) is 9.59 Å². The molecule has 0 saturated carbocycles. The fraction of sp³-hybridized carbons (Fsp3) is 0.875. The number of nitrogens with zero attached hydrogens (tertiary/aromatic N) is 1. The first-order chi connectivity index (χ1) is 9.69. The fourth-order valence-electron chi connectivity index (χ4n) is 2.24. The van der Waals surface area contributed by atoms with Gasteiger partial charge in [0.2, 0.25) is 5.91 Å². The second-order valence-electron chi connectivity index (χ2n) is 4.97. The molecule has 0 N–H and O–H groups in total. The molecule has 4 nitrogen and oxygen atoms in total. The first-order valence-electron chi connectivity index (χ1n) is 8.13. The first kappa shape index (κ1) is 18.9. The van der Waals surface area contributed by atoms with E-state index in [0.29, 0.717) is 19.6 Å². The first-order valence-corrected chi connectivity index (χ1v) is 8.13. The smallest absolute Gasteiger partial charge is 0.311 e. The molecule has 1 saturated heterocycles. The van der Waals surface area contributed by atoms with Crippen molar-refractivity contribution in [3.63, 3.8) is 0 Å². The fourth-order valence-corrected chi connectivity index (χ4v) is 2.24. The minimum atomic E-state index is -0.241. The molecule has 1 amide bonds. The third kappa shape index (κ3) is 6.92. The highest BCUT2D eigenvalue weighted by atomic mass is 16.5. The van der Waals surface area contributed by atoms with Gasteiger partial charge in [-0.15, -0.1) is 0 Å². The molecule has 0 bridgehead atoms. The molecule has 0 aromatic rings. The maximum atomic E-state index is 11.8. The topological polar surface area (TPSA) is 46.6 Å². The number of unbranched alkanes of at least 4 members (excludes halogenated alkanes) is 3. The Morgan fingerprint density at radius 1 is 1.20 bits per heavy atom. The maximum Gasteiger partial charge on any atom is 0.311 e. The van der Waals surface area contributed by atoms with Crippen LogP contribution in [0.4, 0.5) is 0 Å². The van der Waals surface area contributed by atoms with E-state index in [2.05, 4.69) is 6.92 Å². The molecule has 0 aromatic heterocycles. The van der Waals surface area contributed by atoms with Gasteiger partial charge in [-0.3, -0.25) is 9.59 Å². The Morgan fingerprint density at radius 3 is 2.50 bits per heavy atom. The zero-order chi connectivity index (χ0) is 15.4. The number of ether oxygens (including phenoxy) is 1. The summed E-state index contributed by atoms with van der Waals surface area (Å²) in [6.45, 7) is 9.97. The minimum absolute atomic E-state index is 0.0878. The summed E-state index contributed by atoms with van der Waals surface area (Å²) in [4.78, 5) is 25.2. The predicted molar refractivity (Wildman–Crippen MR) is 81.4 cm³/mol.